The van der Waals surface area contributed by atoms with Gasteiger partial charge < -0.3 is 9.84 Å². The third kappa shape index (κ3) is 3.76. The van der Waals surface area contributed by atoms with Crippen LogP contribution in [-0.4, -0.2) is 43.6 Å². The molecule has 0 aromatic heterocycles. The van der Waals surface area contributed by atoms with Gasteiger partial charge >= 0.3 is 0 Å². The molecule has 118 valence electrons. The Morgan fingerprint density at radius 3 is 2.57 bits per heavy atom. The molecule has 0 spiro atoms. The van der Waals surface area contributed by atoms with E-state index in [4.69, 9.17) is 21.4 Å². The minimum atomic E-state index is -3.54. The third-order valence-electron chi connectivity index (χ3n) is 3.64. The summed E-state index contributed by atoms with van der Waals surface area (Å²) in [6.45, 7) is 3.28. The van der Waals surface area contributed by atoms with Crippen LogP contribution in [0.25, 0.3) is 0 Å². The van der Waals surface area contributed by atoms with Crippen LogP contribution >= 0.6 is 11.6 Å². The third-order valence-corrected chi connectivity index (χ3v) is 5.88. The van der Waals surface area contributed by atoms with E-state index in [1.54, 1.807) is 6.07 Å². The molecule has 2 rings (SSSR count). The molecule has 7 heteroatoms. The first-order chi connectivity index (χ1) is 9.98. The number of aliphatic hydroxyl groups is 1. The molecule has 1 saturated heterocycles. The Kier molecular flexibility index (Phi) is 5.62. The summed E-state index contributed by atoms with van der Waals surface area (Å²) >= 11 is 5.98. The summed E-state index contributed by atoms with van der Waals surface area (Å²) in [5.74, 6) is 0. The van der Waals surface area contributed by atoms with Crippen molar-refractivity contribution < 1.29 is 18.3 Å². The number of sulfonamides is 1. The van der Waals surface area contributed by atoms with E-state index in [9.17, 15) is 8.42 Å². The van der Waals surface area contributed by atoms with Gasteiger partial charge in [-0.3, -0.25) is 0 Å². The predicted octanol–water partition coefficient (Wildman–Crippen LogP) is 2.02. The molecule has 0 amide bonds. The summed E-state index contributed by atoms with van der Waals surface area (Å²) in [5.41, 5.74) is 0.519. The maximum Gasteiger partial charge on any atom is 0.243 e. The van der Waals surface area contributed by atoms with Crippen LogP contribution in [0.4, 0.5) is 0 Å². The molecular weight excluding hydrogens is 314 g/mol. The largest absolute Gasteiger partial charge is 0.392 e. The van der Waals surface area contributed by atoms with Gasteiger partial charge in [0.2, 0.25) is 10.0 Å². The molecule has 0 unspecified atom stereocenters. The highest BCUT2D eigenvalue weighted by Gasteiger charge is 2.29. The zero-order chi connectivity index (χ0) is 15.5. The van der Waals surface area contributed by atoms with E-state index < -0.39 is 10.0 Å². The zero-order valence-electron chi connectivity index (χ0n) is 12.0. The summed E-state index contributed by atoms with van der Waals surface area (Å²) in [4.78, 5) is 0.166. The Labute approximate surface area is 130 Å². The van der Waals surface area contributed by atoms with Crippen molar-refractivity contribution in [1.29, 1.82) is 0 Å². The Hall–Kier alpha value is -0.660. The first-order valence-corrected chi connectivity index (χ1v) is 8.82. The molecule has 21 heavy (non-hydrogen) atoms. The molecule has 0 saturated carbocycles. The number of hydrogen-bond acceptors (Lipinski definition) is 4. The fourth-order valence-electron chi connectivity index (χ4n) is 2.44. The van der Waals surface area contributed by atoms with Crippen LogP contribution < -0.4 is 0 Å². The second-order valence-electron chi connectivity index (χ2n) is 4.97. The molecule has 1 aliphatic heterocycles. The highest BCUT2D eigenvalue weighted by Crippen LogP contribution is 2.26. The molecule has 1 heterocycles. The number of piperidine rings is 1. The van der Waals surface area contributed by atoms with Gasteiger partial charge in [0.25, 0.3) is 0 Å². The number of halogens is 1. The van der Waals surface area contributed by atoms with Crippen molar-refractivity contribution in [3.05, 3.63) is 28.8 Å². The predicted molar refractivity (Wildman–Crippen MR) is 80.8 cm³/mol. The second kappa shape index (κ2) is 7.07. The topological polar surface area (TPSA) is 66.8 Å². The number of aliphatic hydroxyl groups excluding tert-OH is 1. The summed E-state index contributed by atoms with van der Waals surface area (Å²) in [6.07, 6.45) is 1.55. The second-order valence-corrected chi connectivity index (χ2v) is 7.32. The first-order valence-electron chi connectivity index (χ1n) is 7.00. The van der Waals surface area contributed by atoms with Crippen molar-refractivity contribution in [2.45, 2.75) is 37.4 Å². The number of benzene rings is 1. The Morgan fingerprint density at radius 1 is 1.38 bits per heavy atom. The van der Waals surface area contributed by atoms with Gasteiger partial charge in [-0.2, -0.15) is 4.31 Å². The van der Waals surface area contributed by atoms with Crippen LogP contribution in [0.3, 0.4) is 0 Å². The van der Waals surface area contributed by atoms with Gasteiger partial charge in [0.1, 0.15) is 0 Å². The normalized spacial score (nSPS) is 18.0. The molecule has 0 bridgehead atoms. The van der Waals surface area contributed by atoms with Crippen LogP contribution in [0.15, 0.2) is 23.1 Å². The van der Waals surface area contributed by atoms with Crippen molar-refractivity contribution in [2.24, 2.45) is 0 Å². The first kappa shape index (κ1) is 16.7. The highest BCUT2D eigenvalue weighted by molar-refractivity contribution is 7.89. The Balaban J connectivity index is 2.14. The standard InChI is InChI=1S/C14H20ClNO4S/c1-2-20-12-5-7-16(8-6-12)21(18,19)13-4-3-11(10-17)14(15)9-13/h3-4,9,12,17H,2,5-8,10H2,1H3. The summed E-state index contributed by atoms with van der Waals surface area (Å²) in [6, 6.07) is 4.43. The lowest BCUT2D eigenvalue weighted by Gasteiger charge is -2.31. The number of rotatable bonds is 5. The molecule has 1 aromatic rings. The minimum Gasteiger partial charge on any atom is -0.392 e. The van der Waals surface area contributed by atoms with Gasteiger partial charge in [-0.05, 0) is 37.5 Å². The summed E-state index contributed by atoms with van der Waals surface area (Å²) < 4.78 is 32.1. The fraction of sp³-hybridized carbons (Fsp3) is 0.571. The lowest BCUT2D eigenvalue weighted by atomic mass is 10.1. The summed E-state index contributed by atoms with van der Waals surface area (Å²) in [5, 5.41) is 9.35. The van der Waals surface area contributed by atoms with Gasteiger partial charge in [-0.15, -0.1) is 0 Å². The van der Waals surface area contributed by atoms with E-state index in [0.717, 1.165) is 0 Å². The fourth-order valence-corrected chi connectivity index (χ4v) is 4.24. The van der Waals surface area contributed by atoms with Crippen molar-refractivity contribution in [2.75, 3.05) is 19.7 Å². The molecule has 5 nitrogen and oxygen atoms in total. The maximum atomic E-state index is 12.6. The SMILES string of the molecule is CCOC1CCN(S(=O)(=O)c2ccc(CO)c(Cl)c2)CC1. The zero-order valence-corrected chi connectivity index (χ0v) is 13.5. The van der Waals surface area contributed by atoms with E-state index in [0.29, 0.717) is 38.1 Å². The molecule has 1 fully saturated rings. The highest BCUT2D eigenvalue weighted by atomic mass is 35.5. The van der Waals surface area contributed by atoms with Crippen LogP contribution in [0.1, 0.15) is 25.3 Å². The summed E-state index contributed by atoms with van der Waals surface area (Å²) in [7, 11) is -3.54. The molecular formula is C14H20ClNO4S. The quantitative estimate of drug-likeness (QED) is 0.895. The molecule has 0 atom stereocenters. The van der Waals surface area contributed by atoms with Crippen molar-refractivity contribution in [3.63, 3.8) is 0 Å². The molecule has 0 radical (unpaired) electrons. The molecule has 1 aromatic carbocycles. The van der Waals surface area contributed by atoms with Crippen molar-refractivity contribution in [3.8, 4) is 0 Å². The van der Waals surface area contributed by atoms with Gasteiger partial charge in [-0.25, -0.2) is 8.42 Å². The molecule has 0 aliphatic carbocycles. The van der Waals surface area contributed by atoms with E-state index >= 15 is 0 Å². The number of nitrogens with zero attached hydrogens (tertiary/aromatic N) is 1. The Bertz CT molecular complexity index is 583. The van der Waals surface area contributed by atoms with Crippen LogP contribution in [0, 0.1) is 0 Å². The van der Waals surface area contributed by atoms with Crippen LogP contribution in [0.2, 0.25) is 5.02 Å². The van der Waals surface area contributed by atoms with Gasteiger partial charge in [0.05, 0.1) is 17.6 Å². The van der Waals surface area contributed by atoms with E-state index in [1.807, 2.05) is 6.92 Å². The van der Waals surface area contributed by atoms with E-state index in [-0.39, 0.29) is 22.6 Å². The average Bonchev–Trinajstić information content (AvgIpc) is 2.48. The molecule has 1 N–H and O–H groups in total. The average molecular weight is 334 g/mol. The van der Waals surface area contributed by atoms with Gasteiger partial charge in [0, 0.05) is 24.7 Å². The number of ether oxygens (including phenoxy) is 1. The molecule has 1 aliphatic rings. The minimum absolute atomic E-state index is 0.141. The van der Waals surface area contributed by atoms with Crippen LogP contribution in [0.5, 0.6) is 0 Å². The lowest BCUT2D eigenvalue weighted by Crippen LogP contribution is -2.40. The monoisotopic (exact) mass is 333 g/mol. The smallest absolute Gasteiger partial charge is 0.243 e. The van der Waals surface area contributed by atoms with Crippen molar-refractivity contribution in [1.82, 2.24) is 4.31 Å². The van der Waals surface area contributed by atoms with Gasteiger partial charge in [0.15, 0.2) is 0 Å². The van der Waals surface area contributed by atoms with Crippen molar-refractivity contribution >= 4 is 21.6 Å². The number of hydrogen-bond donors (Lipinski definition) is 1. The van der Waals surface area contributed by atoms with E-state index in [1.165, 1.54) is 16.4 Å². The van der Waals surface area contributed by atoms with Gasteiger partial charge in [-0.1, -0.05) is 17.7 Å². The van der Waals surface area contributed by atoms with Crippen LogP contribution in [-0.2, 0) is 21.4 Å². The lowest BCUT2D eigenvalue weighted by molar-refractivity contribution is 0.0290. The van der Waals surface area contributed by atoms with E-state index in [2.05, 4.69) is 0 Å². The maximum absolute atomic E-state index is 12.6. The Morgan fingerprint density at radius 2 is 2.05 bits per heavy atom.